The number of amides is 2. The average molecular weight is 543 g/mol. The minimum atomic E-state index is -0.597. The van der Waals surface area contributed by atoms with Crippen LogP contribution in [0.1, 0.15) is 50.0 Å². The van der Waals surface area contributed by atoms with Crippen molar-refractivity contribution in [2.24, 2.45) is 0 Å². The highest BCUT2D eigenvalue weighted by atomic mass is 16.6. The molecule has 40 heavy (non-hydrogen) atoms. The number of rotatable bonds is 7. The molecule has 0 saturated heterocycles. The molecule has 0 aliphatic heterocycles. The molecule has 4 aromatic heterocycles. The first-order valence-electron chi connectivity index (χ1n) is 12.8. The van der Waals surface area contributed by atoms with Gasteiger partial charge in [-0.15, -0.1) is 5.10 Å². The number of oxazole rings is 1. The maximum atomic E-state index is 12.8. The monoisotopic (exact) mass is 542 g/mol. The van der Waals surface area contributed by atoms with E-state index in [2.05, 4.69) is 35.7 Å². The third-order valence-corrected chi connectivity index (χ3v) is 6.08. The summed E-state index contributed by atoms with van der Waals surface area (Å²) in [5.74, 6) is 1.19. The molecular formula is C28H30N8O4. The number of carbonyl (C=O) groups excluding carboxylic acids is 2. The Morgan fingerprint density at radius 1 is 1.05 bits per heavy atom. The second-order valence-electron chi connectivity index (χ2n) is 10.3. The molecule has 0 spiro atoms. The SMILES string of the molecule is Cc1nc2nc(CNC(=O)OC(C)(C)C)nn2c(C)c1CCC(=O)Nc1ccc2oc(-c3ccncc3)nc2c1. The summed E-state index contributed by atoms with van der Waals surface area (Å²) in [4.78, 5) is 42.3. The van der Waals surface area contributed by atoms with Crippen LogP contribution in [0.15, 0.2) is 47.1 Å². The number of hydrogen-bond acceptors (Lipinski definition) is 9. The molecule has 206 valence electrons. The summed E-state index contributed by atoms with van der Waals surface area (Å²) in [6.45, 7) is 9.28. The summed E-state index contributed by atoms with van der Waals surface area (Å²) < 4.78 is 12.7. The van der Waals surface area contributed by atoms with Crippen molar-refractivity contribution in [3.05, 3.63) is 65.5 Å². The first-order chi connectivity index (χ1) is 19.1. The van der Waals surface area contributed by atoms with Gasteiger partial charge in [0.05, 0.1) is 6.54 Å². The molecule has 2 amide bonds. The van der Waals surface area contributed by atoms with Gasteiger partial charge in [-0.1, -0.05) is 0 Å². The molecule has 0 bridgehead atoms. The van der Waals surface area contributed by atoms with Crippen LogP contribution in [0.2, 0.25) is 0 Å². The van der Waals surface area contributed by atoms with Crippen molar-refractivity contribution in [1.29, 1.82) is 0 Å². The van der Waals surface area contributed by atoms with Gasteiger partial charge in [-0.2, -0.15) is 4.98 Å². The fraction of sp³-hybridized carbons (Fsp3) is 0.321. The number of nitrogens with one attached hydrogen (secondary N) is 2. The van der Waals surface area contributed by atoms with Crippen molar-refractivity contribution >= 4 is 34.6 Å². The number of aromatic nitrogens is 6. The average Bonchev–Trinajstić information content (AvgIpc) is 3.51. The molecule has 1 aromatic carbocycles. The zero-order valence-electron chi connectivity index (χ0n) is 23.0. The number of nitrogens with zero attached hydrogens (tertiary/aromatic N) is 6. The molecule has 2 N–H and O–H groups in total. The Hall–Kier alpha value is -4.87. The molecule has 0 unspecified atom stereocenters. The highest BCUT2D eigenvalue weighted by molar-refractivity contribution is 5.93. The van der Waals surface area contributed by atoms with E-state index in [-0.39, 0.29) is 18.9 Å². The van der Waals surface area contributed by atoms with E-state index in [4.69, 9.17) is 9.15 Å². The highest BCUT2D eigenvalue weighted by Gasteiger charge is 2.18. The van der Waals surface area contributed by atoms with Crippen LogP contribution in [0.5, 0.6) is 0 Å². The van der Waals surface area contributed by atoms with Crippen molar-refractivity contribution in [3.8, 4) is 11.5 Å². The summed E-state index contributed by atoms with van der Waals surface area (Å²) in [6.07, 6.45) is 3.53. The summed E-state index contributed by atoms with van der Waals surface area (Å²) in [6, 6.07) is 9.01. The van der Waals surface area contributed by atoms with Gasteiger partial charge in [-0.25, -0.2) is 19.3 Å². The number of carbonyl (C=O) groups is 2. The molecule has 0 aliphatic carbocycles. The second kappa shape index (κ2) is 10.7. The van der Waals surface area contributed by atoms with Crippen LogP contribution >= 0.6 is 0 Å². The summed E-state index contributed by atoms with van der Waals surface area (Å²) in [5.41, 5.74) is 4.65. The lowest BCUT2D eigenvalue weighted by Crippen LogP contribution is -2.32. The molecule has 0 radical (unpaired) electrons. The van der Waals surface area contributed by atoms with E-state index in [9.17, 15) is 9.59 Å². The first-order valence-corrected chi connectivity index (χ1v) is 12.8. The van der Waals surface area contributed by atoms with Gasteiger partial charge in [0.1, 0.15) is 11.1 Å². The predicted octanol–water partition coefficient (Wildman–Crippen LogP) is 4.54. The molecule has 0 atom stereocenters. The minimum Gasteiger partial charge on any atom is -0.444 e. The number of anilines is 1. The van der Waals surface area contributed by atoms with Gasteiger partial charge in [0.2, 0.25) is 11.8 Å². The van der Waals surface area contributed by atoms with Crippen LogP contribution in [-0.2, 0) is 22.5 Å². The van der Waals surface area contributed by atoms with Gasteiger partial charge in [0, 0.05) is 41.5 Å². The predicted molar refractivity (Wildman–Crippen MR) is 148 cm³/mol. The second-order valence-corrected chi connectivity index (χ2v) is 10.3. The van der Waals surface area contributed by atoms with Gasteiger partial charge in [0.25, 0.3) is 5.78 Å². The number of aryl methyl sites for hydroxylation is 2. The Kier molecular flexibility index (Phi) is 7.16. The van der Waals surface area contributed by atoms with Crippen LogP contribution in [0.4, 0.5) is 10.5 Å². The van der Waals surface area contributed by atoms with E-state index < -0.39 is 11.7 Å². The Bertz CT molecular complexity index is 1700. The molecule has 12 nitrogen and oxygen atoms in total. The van der Waals surface area contributed by atoms with E-state index in [1.165, 1.54) is 0 Å². The maximum absolute atomic E-state index is 12.8. The maximum Gasteiger partial charge on any atom is 0.408 e. The third kappa shape index (κ3) is 6.06. The van der Waals surface area contributed by atoms with Gasteiger partial charge in [0.15, 0.2) is 11.4 Å². The number of ether oxygens (including phenoxy) is 1. The lowest BCUT2D eigenvalue weighted by atomic mass is 10.1. The first kappa shape index (κ1) is 26.7. The van der Waals surface area contributed by atoms with E-state index in [0.29, 0.717) is 40.7 Å². The topological polar surface area (TPSA) is 149 Å². The van der Waals surface area contributed by atoms with E-state index in [1.54, 1.807) is 55.9 Å². The highest BCUT2D eigenvalue weighted by Crippen LogP contribution is 2.26. The fourth-order valence-electron chi connectivity index (χ4n) is 4.24. The number of alkyl carbamates (subject to hydrolysis) is 1. The quantitative estimate of drug-likeness (QED) is 0.302. The zero-order chi connectivity index (χ0) is 28.4. The van der Waals surface area contributed by atoms with Gasteiger partial charge in [-0.05, 0) is 76.9 Å². The fourth-order valence-corrected chi connectivity index (χ4v) is 4.24. The molecule has 12 heteroatoms. The minimum absolute atomic E-state index is 0.106. The largest absolute Gasteiger partial charge is 0.444 e. The lowest BCUT2D eigenvalue weighted by Gasteiger charge is -2.19. The van der Waals surface area contributed by atoms with Gasteiger partial charge < -0.3 is 19.8 Å². The molecule has 5 rings (SSSR count). The van der Waals surface area contributed by atoms with E-state index in [0.717, 1.165) is 22.5 Å². The Labute approximate surface area is 230 Å². The zero-order valence-corrected chi connectivity index (χ0v) is 23.0. The Balaban J connectivity index is 1.23. The molecule has 0 fully saturated rings. The molecule has 5 aromatic rings. The van der Waals surface area contributed by atoms with Gasteiger partial charge in [-0.3, -0.25) is 9.78 Å². The molecule has 0 aliphatic rings. The molecule has 0 saturated carbocycles. The lowest BCUT2D eigenvalue weighted by molar-refractivity contribution is -0.116. The number of benzene rings is 1. The standard InChI is InChI=1S/C28H30N8O4/c1-16-20(17(2)36-26(31-16)34-23(35-36)15-30-27(38)40-28(3,4)5)7-9-24(37)32-19-6-8-22-21(14-19)33-25(39-22)18-10-12-29-13-11-18/h6,8,10-14H,7,9,15H2,1-5H3,(H,30,38)(H,32,37). The third-order valence-electron chi connectivity index (χ3n) is 6.08. The van der Waals surface area contributed by atoms with E-state index in [1.807, 2.05) is 26.0 Å². The van der Waals surface area contributed by atoms with Crippen LogP contribution in [0.3, 0.4) is 0 Å². The number of fused-ring (bicyclic) bond motifs is 2. The summed E-state index contributed by atoms with van der Waals surface area (Å²) in [7, 11) is 0. The van der Waals surface area contributed by atoms with Gasteiger partial charge >= 0.3 is 6.09 Å². The molecule has 4 heterocycles. The van der Waals surface area contributed by atoms with Crippen LogP contribution in [-0.4, -0.2) is 47.2 Å². The number of hydrogen-bond donors (Lipinski definition) is 2. The summed E-state index contributed by atoms with van der Waals surface area (Å²) >= 11 is 0. The van der Waals surface area contributed by atoms with Crippen molar-refractivity contribution in [1.82, 2.24) is 34.9 Å². The van der Waals surface area contributed by atoms with Crippen LogP contribution < -0.4 is 10.6 Å². The van der Waals surface area contributed by atoms with Crippen LogP contribution in [0, 0.1) is 13.8 Å². The summed E-state index contributed by atoms with van der Waals surface area (Å²) in [5, 5.41) is 10.1. The van der Waals surface area contributed by atoms with Crippen molar-refractivity contribution in [2.45, 2.75) is 59.6 Å². The van der Waals surface area contributed by atoms with Crippen molar-refractivity contribution in [2.75, 3.05) is 5.32 Å². The molecular weight excluding hydrogens is 512 g/mol. The Morgan fingerprint density at radius 3 is 2.58 bits per heavy atom. The van der Waals surface area contributed by atoms with Crippen molar-refractivity contribution in [3.63, 3.8) is 0 Å². The normalized spacial score (nSPS) is 11.6. The smallest absolute Gasteiger partial charge is 0.408 e. The Morgan fingerprint density at radius 2 is 1.82 bits per heavy atom. The van der Waals surface area contributed by atoms with Crippen LogP contribution in [0.25, 0.3) is 28.3 Å². The number of pyridine rings is 1. The van der Waals surface area contributed by atoms with E-state index >= 15 is 0 Å². The van der Waals surface area contributed by atoms with Crippen molar-refractivity contribution < 1.29 is 18.7 Å².